The highest BCUT2D eigenvalue weighted by Gasteiger charge is 2.50. The highest BCUT2D eigenvalue weighted by atomic mass is 19.1. The second kappa shape index (κ2) is 7.52. The van der Waals surface area contributed by atoms with Crippen molar-refractivity contribution in [1.82, 2.24) is 10.2 Å². The number of methoxy groups -OCH3 is 1. The second-order valence-corrected chi connectivity index (χ2v) is 7.11. The molecule has 6 heteroatoms. The lowest BCUT2D eigenvalue weighted by atomic mass is 9.88. The summed E-state index contributed by atoms with van der Waals surface area (Å²) in [7, 11) is 1.64. The fourth-order valence-corrected chi connectivity index (χ4v) is 4.36. The van der Waals surface area contributed by atoms with Crippen molar-refractivity contribution in [3.8, 4) is 0 Å². The molecule has 5 nitrogen and oxygen atoms in total. The zero-order valence-corrected chi connectivity index (χ0v) is 14.7. The van der Waals surface area contributed by atoms with Gasteiger partial charge in [0.15, 0.2) is 0 Å². The lowest BCUT2D eigenvalue weighted by Crippen LogP contribution is -2.36. The number of amides is 2. The molecule has 0 unspecified atom stereocenters. The van der Waals surface area contributed by atoms with Crippen LogP contribution in [0.1, 0.15) is 30.1 Å². The van der Waals surface area contributed by atoms with E-state index in [4.69, 9.17) is 4.74 Å². The van der Waals surface area contributed by atoms with Crippen LogP contribution in [-0.4, -0.2) is 49.6 Å². The van der Waals surface area contributed by atoms with Gasteiger partial charge in [-0.3, -0.25) is 9.59 Å². The minimum Gasteiger partial charge on any atom is -0.383 e. The van der Waals surface area contributed by atoms with Gasteiger partial charge >= 0.3 is 0 Å². The first kappa shape index (κ1) is 17.9. The normalized spacial score (nSPS) is 28.3. The SMILES string of the molecule is COCCN1C(=O)C[C@H]2[C@H](CNC(=O)c3cccc(F)c3)[C@@H](C)C[C@H]21. The molecule has 0 bridgehead atoms. The summed E-state index contributed by atoms with van der Waals surface area (Å²) in [6.07, 6.45) is 1.50. The van der Waals surface area contributed by atoms with Crippen molar-refractivity contribution < 1.29 is 18.7 Å². The van der Waals surface area contributed by atoms with E-state index in [2.05, 4.69) is 12.2 Å². The van der Waals surface area contributed by atoms with E-state index in [9.17, 15) is 14.0 Å². The van der Waals surface area contributed by atoms with Crippen LogP contribution in [0.5, 0.6) is 0 Å². The summed E-state index contributed by atoms with van der Waals surface area (Å²) in [5.74, 6) is 0.459. The summed E-state index contributed by atoms with van der Waals surface area (Å²) >= 11 is 0. The molecule has 1 aromatic carbocycles. The molecule has 25 heavy (non-hydrogen) atoms. The van der Waals surface area contributed by atoms with Gasteiger partial charge in [-0.05, 0) is 42.4 Å². The third kappa shape index (κ3) is 3.68. The molecule has 1 aromatic rings. The summed E-state index contributed by atoms with van der Waals surface area (Å²) < 4.78 is 18.4. The molecule has 1 N–H and O–H groups in total. The van der Waals surface area contributed by atoms with Crippen LogP contribution in [0, 0.1) is 23.6 Å². The van der Waals surface area contributed by atoms with Gasteiger partial charge in [-0.1, -0.05) is 13.0 Å². The van der Waals surface area contributed by atoms with Gasteiger partial charge in [-0.25, -0.2) is 4.39 Å². The van der Waals surface area contributed by atoms with Crippen LogP contribution in [0.2, 0.25) is 0 Å². The minimum atomic E-state index is -0.419. The van der Waals surface area contributed by atoms with Crippen LogP contribution in [0.15, 0.2) is 24.3 Å². The second-order valence-electron chi connectivity index (χ2n) is 7.11. The van der Waals surface area contributed by atoms with E-state index in [0.717, 1.165) is 6.42 Å². The van der Waals surface area contributed by atoms with Crippen LogP contribution in [0.3, 0.4) is 0 Å². The number of halogens is 1. The summed E-state index contributed by atoms with van der Waals surface area (Å²) in [5.41, 5.74) is 0.325. The van der Waals surface area contributed by atoms with Gasteiger partial charge < -0.3 is 15.0 Å². The van der Waals surface area contributed by atoms with Gasteiger partial charge in [-0.15, -0.1) is 0 Å². The van der Waals surface area contributed by atoms with Gasteiger partial charge in [0.2, 0.25) is 5.91 Å². The molecule has 136 valence electrons. The predicted octanol–water partition coefficient (Wildman–Crippen LogP) is 2.07. The van der Waals surface area contributed by atoms with Crippen LogP contribution in [0.4, 0.5) is 4.39 Å². The Kier molecular flexibility index (Phi) is 5.37. The monoisotopic (exact) mass is 348 g/mol. The molecule has 1 aliphatic carbocycles. The van der Waals surface area contributed by atoms with Crippen molar-refractivity contribution in [3.63, 3.8) is 0 Å². The van der Waals surface area contributed by atoms with Gasteiger partial charge in [-0.2, -0.15) is 0 Å². The Hall–Kier alpha value is -1.95. The maximum atomic E-state index is 13.3. The molecule has 4 atom stereocenters. The van der Waals surface area contributed by atoms with E-state index in [1.165, 1.54) is 18.2 Å². The maximum absolute atomic E-state index is 13.3. The number of hydrogen-bond donors (Lipinski definition) is 1. The molecule has 0 radical (unpaired) electrons. The first-order valence-corrected chi connectivity index (χ1v) is 8.83. The van der Waals surface area contributed by atoms with Gasteiger partial charge in [0, 0.05) is 38.2 Å². The van der Waals surface area contributed by atoms with E-state index in [1.54, 1.807) is 13.2 Å². The third-order valence-electron chi connectivity index (χ3n) is 5.64. The molecular weight excluding hydrogens is 323 g/mol. The number of rotatable bonds is 6. The van der Waals surface area contributed by atoms with Gasteiger partial charge in [0.05, 0.1) is 6.61 Å². The number of carbonyl (C=O) groups excluding carboxylic acids is 2. The molecular formula is C19H25FN2O3. The number of likely N-dealkylation sites (tertiary alicyclic amines) is 1. The minimum absolute atomic E-state index is 0.181. The third-order valence-corrected chi connectivity index (χ3v) is 5.64. The molecule has 1 aliphatic heterocycles. The highest BCUT2D eigenvalue weighted by molar-refractivity contribution is 5.94. The number of ether oxygens (including phenoxy) is 1. The van der Waals surface area contributed by atoms with E-state index in [0.29, 0.717) is 37.6 Å². The van der Waals surface area contributed by atoms with Gasteiger partial charge in [0.1, 0.15) is 5.82 Å². The van der Waals surface area contributed by atoms with E-state index < -0.39 is 5.82 Å². The fourth-order valence-electron chi connectivity index (χ4n) is 4.36. The van der Waals surface area contributed by atoms with Crippen molar-refractivity contribution in [2.75, 3.05) is 26.8 Å². The summed E-state index contributed by atoms with van der Waals surface area (Å²) in [5, 5.41) is 2.92. The Bertz CT molecular complexity index is 651. The average Bonchev–Trinajstić information content (AvgIpc) is 3.04. The lowest BCUT2D eigenvalue weighted by Gasteiger charge is -2.24. The van der Waals surface area contributed by atoms with Crippen LogP contribution < -0.4 is 5.32 Å². The van der Waals surface area contributed by atoms with E-state index in [-0.39, 0.29) is 29.7 Å². The smallest absolute Gasteiger partial charge is 0.251 e. The first-order chi connectivity index (χ1) is 12.0. The van der Waals surface area contributed by atoms with Crippen molar-refractivity contribution in [1.29, 1.82) is 0 Å². The molecule has 2 amide bonds. The Morgan fingerprint density at radius 2 is 2.24 bits per heavy atom. The Balaban J connectivity index is 1.61. The molecule has 0 aromatic heterocycles. The largest absolute Gasteiger partial charge is 0.383 e. The standard InChI is InChI=1S/C19H25FN2O3/c1-12-8-17-15(10-18(23)22(17)6-7-25-2)16(12)11-21-19(24)13-4-3-5-14(20)9-13/h3-5,9,12,15-17H,6-8,10-11H2,1-2H3,(H,21,24)/t12-,15-,16+,17+/m0/s1. The number of nitrogens with zero attached hydrogens (tertiary/aromatic N) is 1. The van der Waals surface area contributed by atoms with Crippen molar-refractivity contribution >= 4 is 11.8 Å². The molecule has 1 saturated heterocycles. The topological polar surface area (TPSA) is 58.6 Å². The maximum Gasteiger partial charge on any atom is 0.251 e. The molecule has 0 spiro atoms. The number of hydrogen-bond acceptors (Lipinski definition) is 3. The predicted molar refractivity (Wildman–Crippen MR) is 91.5 cm³/mol. The first-order valence-electron chi connectivity index (χ1n) is 8.83. The average molecular weight is 348 g/mol. The summed E-state index contributed by atoms with van der Waals surface area (Å²) in [4.78, 5) is 26.5. The zero-order valence-electron chi connectivity index (χ0n) is 14.7. The van der Waals surface area contributed by atoms with Crippen LogP contribution in [0.25, 0.3) is 0 Å². The van der Waals surface area contributed by atoms with Gasteiger partial charge in [0.25, 0.3) is 5.91 Å². The number of benzene rings is 1. The quantitative estimate of drug-likeness (QED) is 0.856. The zero-order chi connectivity index (χ0) is 18.0. The fraction of sp³-hybridized carbons (Fsp3) is 0.579. The highest BCUT2D eigenvalue weighted by Crippen LogP contribution is 2.45. The number of nitrogens with one attached hydrogen (secondary N) is 1. The number of fused-ring (bicyclic) bond motifs is 1. The molecule has 1 saturated carbocycles. The molecule has 2 fully saturated rings. The Labute approximate surface area is 147 Å². The lowest BCUT2D eigenvalue weighted by molar-refractivity contribution is -0.129. The number of carbonyl (C=O) groups is 2. The van der Waals surface area contributed by atoms with Crippen molar-refractivity contribution in [3.05, 3.63) is 35.6 Å². The Morgan fingerprint density at radius 1 is 1.44 bits per heavy atom. The van der Waals surface area contributed by atoms with Crippen LogP contribution >= 0.6 is 0 Å². The van der Waals surface area contributed by atoms with Crippen molar-refractivity contribution in [2.24, 2.45) is 17.8 Å². The molecule has 2 aliphatic rings. The van der Waals surface area contributed by atoms with Crippen molar-refractivity contribution in [2.45, 2.75) is 25.8 Å². The van der Waals surface area contributed by atoms with E-state index in [1.807, 2.05) is 4.90 Å². The Morgan fingerprint density at radius 3 is 2.96 bits per heavy atom. The summed E-state index contributed by atoms with van der Waals surface area (Å²) in [6.45, 7) is 3.87. The molecule has 3 rings (SSSR count). The van der Waals surface area contributed by atoms with Crippen LogP contribution in [-0.2, 0) is 9.53 Å². The molecule has 1 heterocycles. The summed E-state index contributed by atoms with van der Waals surface area (Å²) in [6, 6.07) is 5.93. The van der Waals surface area contributed by atoms with E-state index >= 15 is 0 Å².